The molecular weight excluding hydrogens is 481 g/mol. The first-order valence-electron chi connectivity index (χ1n) is 9.71. The molecule has 0 aromatic heterocycles. The number of aliphatic imine (C=N–C) groups is 1. The monoisotopic (exact) mass is 519 g/mol. The van der Waals surface area contributed by atoms with Crippen molar-refractivity contribution in [1.29, 1.82) is 0 Å². The number of guanidine groups is 1. The number of morpholine rings is 1. The van der Waals surface area contributed by atoms with Gasteiger partial charge < -0.3 is 15.4 Å². The van der Waals surface area contributed by atoms with Crippen molar-refractivity contribution in [2.45, 2.75) is 40.2 Å². The van der Waals surface area contributed by atoms with E-state index in [2.05, 4.69) is 34.1 Å². The third-order valence-electron chi connectivity index (χ3n) is 4.41. The van der Waals surface area contributed by atoms with Gasteiger partial charge in [0.15, 0.2) is 5.96 Å². The summed E-state index contributed by atoms with van der Waals surface area (Å²) in [7, 11) is -3.11. The lowest BCUT2D eigenvalue weighted by Crippen LogP contribution is -2.48. The molecule has 8 nitrogen and oxygen atoms in total. The third-order valence-corrected chi connectivity index (χ3v) is 5.82. The first-order chi connectivity index (χ1) is 12.4. The van der Waals surface area contributed by atoms with Gasteiger partial charge in [0, 0.05) is 38.8 Å². The Morgan fingerprint density at radius 1 is 1.15 bits per heavy atom. The van der Waals surface area contributed by atoms with Crippen LogP contribution in [0.4, 0.5) is 0 Å². The molecule has 27 heavy (non-hydrogen) atoms. The molecule has 1 atom stereocenters. The lowest BCUT2D eigenvalue weighted by atomic mass is 10.0. The molecule has 0 saturated carbocycles. The lowest BCUT2D eigenvalue weighted by molar-refractivity contribution is 0.00867. The average Bonchev–Trinajstić information content (AvgIpc) is 2.62. The van der Waals surface area contributed by atoms with Gasteiger partial charge in [-0.15, -0.1) is 24.0 Å². The summed E-state index contributed by atoms with van der Waals surface area (Å²) < 4.78 is 30.8. The second kappa shape index (κ2) is 14.8. The minimum absolute atomic E-state index is 0. The van der Waals surface area contributed by atoms with Crippen LogP contribution in [0.1, 0.15) is 34.1 Å². The highest BCUT2D eigenvalue weighted by Crippen LogP contribution is 2.13. The van der Waals surface area contributed by atoms with Crippen LogP contribution >= 0.6 is 24.0 Å². The quantitative estimate of drug-likeness (QED) is 0.162. The average molecular weight is 519 g/mol. The molecule has 1 saturated heterocycles. The molecule has 1 aliphatic heterocycles. The van der Waals surface area contributed by atoms with Gasteiger partial charge in [-0.1, -0.05) is 13.8 Å². The van der Waals surface area contributed by atoms with Crippen molar-refractivity contribution in [2.75, 3.05) is 58.2 Å². The Bertz CT molecular complexity index is 511. The molecule has 3 N–H and O–H groups in total. The number of halogens is 1. The molecule has 1 fully saturated rings. The SMILES string of the molecule is CCNC(=NCC(C(C)C)N1CCOCC1)NCCCNS(=O)(=O)CC.I. The minimum Gasteiger partial charge on any atom is -0.379 e. The number of sulfonamides is 1. The van der Waals surface area contributed by atoms with Crippen molar-refractivity contribution in [3.8, 4) is 0 Å². The Labute approximate surface area is 182 Å². The van der Waals surface area contributed by atoms with Crippen LogP contribution in [0.5, 0.6) is 0 Å². The van der Waals surface area contributed by atoms with Gasteiger partial charge >= 0.3 is 0 Å². The van der Waals surface area contributed by atoms with Crippen LogP contribution in [-0.4, -0.2) is 83.6 Å². The van der Waals surface area contributed by atoms with Crippen molar-refractivity contribution in [1.82, 2.24) is 20.3 Å². The molecule has 0 radical (unpaired) electrons. The molecule has 1 aliphatic rings. The number of hydrogen-bond donors (Lipinski definition) is 3. The van der Waals surface area contributed by atoms with Gasteiger partial charge in [-0.05, 0) is 26.2 Å². The van der Waals surface area contributed by atoms with Crippen molar-refractivity contribution in [3.05, 3.63) is 0 Å². The first-order valence-corrected chi connectivity index (χ1v) is 11.4. The van der Waals surface area contributed by atoms with Crippen LogP contribution in [0.25, 0.3) is 0 Å². The second-order valence-corrected chi connectivity index (χ2v) is 8.85. The fraction of sp³-hybridized carbons (Fsp3) is 0.941. The zero-order valence-corrected chi connectivity index (χ0v) is 20.3. The Morgan fingerprint density at radius 2 is 1.81 bits per heavy atom. The first kappa shape index (κ1) is 26.8. The van der Waals surface area contributed by atoms with E-state index in [4.69, 9.17) is 9.73 Å². The van der Waals surface area contributed by atoms with Crippen LogP contribution in [0.2, 0.25) is 0 Å². The van der Waals surface area contributed by atoms with E-state index in [0.29, 0.717) is 31.5 Å². The highest BCUT2D eigenvalue weighted by atomic mass is 127. The largest absolute Gasteiger partial charge is 0.379 e. The molecule has 0 aromatic rings. The van der Waals surface area contributed by atoms with E-state index in [1.807, 2.05) is 6.92 Å². The zero-order chi connectivity index (χ0) is 19.4. The minimum atomic E-state index is -3.11. The van der Waals surface area contributed by atoms with Crippen molar-refractivity contribution < 1.29 is 13.2 Å². The lowest BCUT2D eigenvalue weighted by Gasteiger charge is -2.36. The summed E-state index contributed by atoms with van der Waals surface area (Å²) in [6, 6.07) is 0.394. The number of hydrogen-bond acceptors (Lipinski definition) is 5. The maximum absolute atomic E-state index is 11.4. The molecule has 0 spiro atoms. The maximum Gasteiger partial charge on any atom is 0.211 e. The van der Waals surface area contributed by atoms with Gasteiger partial charge in [0.1, 0.15) is 0 Å². The van der Waals surface area contributed by atoms with Crippen LogP contribution in [0, 0.1) is 5.92 Å². The Hall–Kier alpha value is -0.170. The van der Waals surface area contributed by atoms with Crippen LogP contribution < -0.4 is 15.4 Å². The Balaban J connectivity index is 0.00000676. The van der Waals surface area contributed by atoms with E-state index in [-0.39, 0.29) is 29.7 Å². The van der Waals surface area contributed by atoms with Gasteiger partial charge in [-0.3, -0.25) is 9.89 Å². The smallest absolute Gasteiger partial charge is 0.211 e. The summed E-state index contributed by atoms with van der Waals surface area (Å²) >= 11 is 0. The predicted molar refractivity (Wildman–Crippen MR) is 122 cm³/mol. The zero-order valence-electron chi connectivity index (χ0n) is 17.2. The van der Waals surface area contributed by atoms with Crippen molar-refractivity contribution in [3.63, 3.8) is 0 Å². The molecule has 0 bridgehead atoms. The van der Waals surface area contributed by atoms with Crippen LogP contribution in [0.3, 0.4) is 0 Å². The molecule has 162 valence electrons. The molecule has 0 aromatic carbocycles. The number of ether oxygens (including phenoxy) is 1. The molecule has 1 heterocycles. The highest BCUT2D eigenvalue weighted by molar-refractivity contribution is 14.0. The summed E-state index contributed by atoms with van der Waals surface area (Å²) in [5.41, 5.74) is 0. The van der Waals surface area contributed by atoms with Crippen LogP contribution in [0.15, 0.2) is 4.99 Å². The topological polar surface area (TPSA) is 95.1 Å². The summed E-state index contributed by atoms with van der Waals surface area (Å²) in [5.74, 6) is 1.41. The Kier molecular flexibility index (Phi) is 14.7. The predicted octanol–water partition coefficient (Wildman–Crippen LogP) is 0.846. The normalized spacial score (nSPS) is 17.4. The van der Waals surface area contributed by atoms with Gasteiger partial charge in [0.05, 0.1) is 25.5 Å². The summed E-state index contributed by atoms with van der Waals surface area (Å²) in [4.78, 5) is 7.21. The molecule has 1 unspecified atom stereocenters. The summed E-state index contributed by atoms with van der Waals surface area (Å²) in [6.07, 6.45) is 0.709. The van der Waals surface area contributed by atoms with Gasteiger partial charge in [0.2, 0.25) is 10.0 Å². The fourth-order valence-electron chi connectivity index (χ4n) is 2.81. The van der Waals surface area contributed by atoms with Crippen molar-refractivity contribution in [2.24, 2.45) is 10.9 Å². The van der Waals surface area contributed by atoms with E-state index in [0.717, 1.165) is 45.4 Å². The summed E-state index contributed by atoms with van der Waals surface area (Å²) in [6.45, 7) is 14.3. The van der Waals surface area contributed by atoms with E-state index < -0.39 is 10.0 Å². The highest BCUT2D eigenvalue weighted by Gasteiger charge is 2.23. The fourth-order valence-corrected chi connectivity index (χ4v) is 3.47. The maximum atomic E-state index is 11.4. The van der Waals surface area contributed by atoms with Gasteiger partial charge in [0.25, 0.3) is 0 Å². The van der Waals surface area contributed by atoms with Crippen molar-refractivity contribution >= 4 is 40.0 Å². The van der Waals surface area contributed by atoms with E-state index >= 15 is 0 Å². The molecule has 10 heteroatoms. The molecule has 0 amide bonds. The second-order valence-electron chi connectivity index (χ2n) is 6.76. The van der Waals surface area contributed by atoms with E-state index in [1.165, 1.54) is 0 Å². The number of rotatable bonds is 11. The third kappa shape index (κ3) is 11.4. The molecular formula is C17H38IN5O3S. The standard InChI is InChI=1S/C17H37N5O3S.HI/c1-5-18-17(19-8-7-9-21-26(23,24)6-2)20-14-16(15(3)4)22-10-12-25-13-11-22;/h15-16,21H,5-14H2,1-4H3,(H2,18,19,20);1H. The number of nitrogens with zero attached hydrogens (tertiary/aromatic N) is 2. The van der Waals surface area contributed by atoms with Gasteiger partial charge in [-0.25, -0.2) is 13.1 Å². The number of nitrogens with one attached hydrogen (secondary N) is 3. The summed E-state index contributed by atoms with van der Waals surface area (Å²) in [5, 5.41) is 6.54. The Morgan fingerprint density at radius 3 is 2.37 bits per heavy atom. The molecule has 0 aliphatic carbocycles. The van der Waals surface area contributed by atoms with Gasteiger partial charge in [-0.2, -0.15) is 0 Å². The van der Waals surface area contributed by atoms with Crippen LogP contribution in [-0.2, 0) is 14.8 Å². The van der Waals surface area contributed by atoms with E-state index in [1.54, 1.807) is 6.92 Å². The van der Waals surface area contributed by atoms with E-state index in [9.17, 15) is 8.42 Å². The molecule has 1 rings (SSSR count).